The first-order chi connectivity index (χ1) is 15.4. The Labute approximate surface area is 214 Å². The fraction of sp³-hybridized carbons (Fsp3) is 0.440. The quantitative estimate of drug-likeness (QED) is 0.330. The number of hydrogen-bond acceptors (Lipinski definition) is 4. The number of likely N-dealkylation sites (N-methyl/N-ethyl adjacent to an activating group) is 1. The molecule has 1 aliphatic heterocycles. The number of amides is 1. The van der Waals surface area contributed by atoms with Gasteiger partial charge in [-0.3, -0.25) is 9.79 Å². The van der Waals surface area contributed by atoms with Crippen molar-refractivity contribution in [3.05, 3.63) is 64.7 Å². The molecule has 1 saturated heterocycles. The van der Waals surface area contributed by atoms with E-state index in [1.54, 1.807) is 21.1 Å². The summed E-state index contributed by atoms with van der Waals surface area (Å²) in [6, 6.07) is 14.3. The molecule has 3 rings (SSSR count). The smallest absolute Gasteiger partial charge is 0.259 e. The summed E-state index contributed by atoms with van der Waals surface area (Å²) in [5.74, 6) is 1.45. The van der Waals surface area contributed by atoms with Crippen LogP contribution in [0, 0.1) is 13.8 Å². The Kier molecular flexibility index (Phi) is 10.4. The number of ether oxygens (including phenoxy) is 2. The third-order valence-corrected chi connectivity index (χ3v) is 5.56. The van der Waals surface area contributed by atoms with Gasteiger partial charge in [-0.25, -0.2) is 0 Å². The maximum atomic E-state index is 11.8. The molecule has 0 spiro atoms. The van der Waals surface area contributed by atoms with E-state index in [0.717, 1.165) is 24.6 Å². The van der Waals surface area contributed by atoms with Crippen LogP contribution >= 0.6 is 24.0 Å². The molecule has 1 heterocycles. The zero-order valence-electron chi connectivity index (χ0n) is 20.1. The number of nitrogens with one attached hydrogen (secondary N) is 1. The van der Waals surface area contributed by atoms with Crippen molar-refractivity contribution in [2.24, 2.45) is 4.99 Å². The van der Waals surface area contributed by atoms with E-state index < -0.39 is 0 Å². The summed E-state index contributed by atoms with van der Waals surface area (Å²) in [6.07, 6.45) is 0.0221. The van der Waals surface area contributed by atoms with Crippen LogP contribution in [0.2, 0.25) is 0 Å². The highest BCUT2D eigenvalue weighted by atomic mass is 127. The number of rotatable bonds is 6. The second-order valence-corrected chi connectivity index (χ2v) is 8.29. The van der Waals surface area contributed by atoms with Crippen molar-refractivity contribution in [2.75, 3.05) is 47.4 Å². The van der Waals surface area contributed by atoms with Crippen LogP contribution in [0.3, 0.4) is 0 Å². The van der Waals surface area contributed by atoms with Crippen LogP contribution in [0.5, 0.6) is 5.75 Å². The number of guanidine groups is 1. The first-order valence-corrected chi connectivity index (χ1v) is 10.9. The molecule has 1 N–H and O–H groups in total. The van der Waals surface area contributed by atoms with Gasteiger partial charge in [0.2, 0.25) is 0 Å². The summed E-state index contributed by atoms with van der Waals surface area (Å²) >= 11 is 0. The summed E-state index contributed by atoms with van der Waals surface area (Å²) in [4.78, 5) is 20.0. The van der Waals surface area contributed by atoms with Crippen LogP contribution in [0.1, 0.15) is 28.4 Å². The Balaban J connectivity index is 0.00000385. The normalized spacial score (nSPS) is 16.1. The number of carbonyl (C=O) groups is 1. The van der Waals surface area contributed by atoms with Gasteiger partial charge in [-0.2, -0.15) is 0 Å². The van der Waals surface area contributed by atoms with Gasteiger partial charge in [0.1, 0.15) is 11.9 Å². The largest absolute Gasteiger partial charge is 0.484 e. The van der Waals surface area contributed by atoms with Crippen molar-refractivity contribution in [3.63, 3.8) is 0 Å². The van der Waals surface area contributed by atoms with Crippen molar-refractivity contribution < 1.29 is 14.3 Å². The molecule has 33 heavy (non-hydrogen) atoms. The van der Waals surface area contributed by atoms with Gasteiger partial charge in [0.05, 0.1) is 13.2 Å². The summed E-state index contributed by atoms with van der Waals surface area (Å²) in [5, 5.41) is 3.45. The van der Waals surface area contributed by atoms with E-state index in [9.17, 15) is 4.79 Å². The van der Waals surface area contributed by atoms with Crippen LogP contribution < -0.4 is 10.1 Å². The molecule has 1 amide bonds. The monoisotopic (exact) mass is 566 g/mol. The molecule has 1 fully saturated rings. The molecule has 8 heteroatoms. The Morgan fingerprint density at radius 2 is 2.03 bits per heavy atom. The average molecular weight is 566 g/mol. The van der Waals surface area contributed by atoms with Gasteiger partial charge in [0.25, 0.3) is 5.91 Å². The predicted molar refractivity (Wildman–Crippen MR) is 142 cm³/mol. The molecule has 0 saturated carbocycles. The van der Waals surface area contributed by atoms with Crippen LogP contribution in [-0.4, -0.2) is 69.1 Å². The second kappa shape index (κ2) is 12.8. The number of aryl methyl sites for hydroxylation is 2. The first-order valence-electron chi connectivity index (χ1n) is 10.9. The van der Waals surface area contributed by atoms with Crippen LogP contribution in [0.4, 0.5) is 0 Å². The van der Waals surface area contributed by atoms with Crippen molar-refractivity contribution in [3.8, 4) is 5.75 Å². The Bertz CT molecular complexity index is 964. The summed E-state index contributed by atoms with van der Waals surface area (Å²) in [5.41, 5.74) is 4.80. The molecule has 0 aromatic heterocycles. The van der Waals surface area contributed by atoms with Gasteiger partial charge in [-0.15, -0.1) is 24.0 Å². The van der Waals surface area contributed by atoms with E-state index >= 15 is 0 Å². The van der Waals surface area contributed by atoms with Crippen molar-refractivity contribution in [1.29, 1.82) is 0 Å². The lowest BCUT2D eigenvalue weighted by atomic mass is 10.00. The topological polar surface area (TPSA) is 66.4 Å². The highest BCUT2D eigenvalue weighted by Crippen LogP contribution is 2.26. The lowest BCUT2D eigenvalue weighted by Crippen LogP contribution is -2.48. The Morgan fingerprint density at radius 3 is 2.73 bits per heavy atom. The fourth-order valence-corrected chi connectivity index (χ4v) is 3.75. The Morgan fingerprint density at radius 1 is 1.24 bits per heavy atom. The van der Waals surface area contributed by atoms with Crippen LogP contribution in [0.15, 0.2) is 47.5 Å². The molecule has 2 aromatic carbocycles. The van der Waals surface area contributed by atoms with Gasteiger partial charge in [-0.05, 0) is 42.7 Å². The minimum atomic E-state index is -0.0698. The molecule has 2 aromatic rings. The molecule has 0 radical (unpaired) electrons. The van der Waals surface area contributed by atoms with E-state index in [4.69, 9.17) is 9.47 Å². The molecular formula is C25H35IN4O3. The van der Waals surface area contributed by atoms with E-state index in [1.165, 1.54) is 21.6 Å². The van der Waals surface area contributed by atoms with Crippen LogP contribution in [0.25, 0.3) is 0 Å². The van der Waals surface area contributed by atoms with Gasteiger partial charge < -0.3 is 24.6 Å². The van der Waals surface area contributed by atoms with E-state index in [-0.39, 0.29) is 42.6 Å². The maximum Gasteiger partial charge on any atom is 0.259 e. The van der Waals surface area contributed by atoms with Crippen molar-refractivity contribution in [2.45, 2.75) is 26.5 Å². The number of aliphatic imine (C=N–C) groups is 1. The van der Waals surface area contributed by atoms with Crippen molar-refractivity contribution in [1.82, 2.24) is 15.1 Å². The number of halogens is 1. The first kappa shape index (κ1) is 26.9. The van der Waals surface area contributed by atoms with E-state index in [0.29, 0.717) is 18.9 Å². The Hall–Kier alpha value is -2.33. The number of nitrogens with zero attached hydrogens (tertiary/aromatic N) is 3. The summed E-state index contributed by atoms with van der Waals surface area (Å²) < 4.78 is 11.7. The number of carbonyl (C=O) groups excluding carboxylic acids is 1. The second-order valence-electron chi connectivity index (χ2n) is 8.29. The SMILES string of the molecule is CN=C(NCc1cccc(OCC(=O)N(C)C)c1)N1CCOC(c2ccc(C)cc2C)C1.I. The molecule has 1 atom stereocenters. The highest BCUT2D eigenvalue weighted by Gasteiger charge is 2.25. The van der Waals surface area contributed by atoms with Gasteiger partial charge in [0.15, 0.2) is 12.6 Å². The van der Waals surface area contributed by atoms with Crippen molar-refractivity contribution >= 4 is 35.8 Å². The molecular weight excluding hydrogens is 531 g/mol. The summed E-state index contributed by atoms with van der Waals surface area (Å²) in [7, 11) is 5.23. The van der Waals surface area contributed by atoms with Crippen LogP contribution in [-0.2, 0) is 16.1 Å². The minimum Gasteiger partial charge on any atom is -0.484 e. The lowest BCUT2D eigenvalue weighted by Gasteiger charge is -2.36. The molecule has 1 aliphatic rings. The lowest BCUT2D eigenvalue weighted by molar-refractivity contribution is -0.130. The number of hydrogen-bond donors (Lipinski definition) is 1. The maximum absolute atomic E-state index is 11.8. The molecule has 1 unspecified atom stereocenters. The minimum absolute atomic E-state index is 0. The molecule has 0 aliphatic carbocycles. The third-order valence-electron chi connectivity index (χ3n) is 5.56. The number of morpholine rings is 1. The molecule has 180 valence electrons. The molecule has 7 nitrogen and oxygen atoms in total. The van der Waals surface area contributed by atoms with Gasteiger partial charge in [-0.1, -0.05) is 35.9 Å². The zero-order valence-corrected chi connectivity index (χ0v) is 22.5. The van der Waals surface area contributed by atoms with E-state index in [1.807, 2.05) is 24.3 Å². The third kappa shape index (κ3) is 7.60. The average Bonchev–Trinajstić information content (AvgIpc) is 2.78. The fourth-order valence-electron chi connectivity index (χ4n) is 3.75. The van der Waals surface area contributed by atoms with Gasteiger partial charge in [0, 0.05) is 34.2 Å². The summed E-state index contributed by atoms with van der Waals surface area (Å²) in [6.45, 7) is 7.07. The predicted octanol–water partition coefficient (Wildman–Crippen LogP) is 3.54. The zero-order chi connectivity index (χ0) is 23.1. The highest BCUT2D eigenvalue weighted by molar-refractivity contribution is 14.0. The number of benzene rings is 2. The molecule has 0 bridgehead atoms. The van der Waals surface area contributed by atoms with E-state index in [2.05, 4.69) is 47.3 Å². The van der Waals surface area contributed by atoms with Gasteiger partial charge >= 0.3 is 0 Å². The standard InChI is InChI=1S/C25H34N4O3.HI/c1-18-9-10-22(19(2)13-18)23-16-29(11-12-31-23)25(26-3)27-15-20-7-6-8-21(14-20)32-17-24(30)28(4)5;/h6-10,13-14,23H,11-12,15-17H2,1-5H3,(H,26,27);1H.